The van der Waals surface area contributed by atoms with E-state index in [-0.39, 0.29) is 0 Å². The van der Waals surface area contributed by atoms with E-state index in [9.17, 15) is 9.59 Å². The Kier molecular flexibility index (Phi) is 4.27. The third-order valence-electron chi connectivity index (χ3n) is 3.70. The molecule has 0 bridgehead atoms. The molecule has 0 unspecified atom stereocenters. The average Bonchev–Trinajstić information content (AvgIpc) is 2.58. The minimum absolute atomic E-state index is 0.365. The quantitative estimate of drug-likeness (QED) is 0.686. The summed E-state index contributed by atoms with van der Waals surface area (Å²) in [6.07, 6.45) is 1.66. The van der Waals surface area contributed by atoms with Crippen LogP contribution >= 0.6 is 11.6 Å². The van der Waals surface area contributed by atoms with Crippen molar-refractivity contribution in [3.05, 3.63) is 58.1 Å². The Hall–Kier alpha value is -2.79. The molecule has 1 N–H and O–H groups in total. The Labute approximate surface area is 143 Å². The van der Waals surface area contributed by atoms with Crippen molar-refractivity contribution in [3.63, 3.8) is 0 Å². The molecule has 1 aliphatic rings. The van der Waals surface area contributed by atoms with Crippen LogP contribution in [-0.2, 0) is 4.79 Å². The van der Waals surface area contributed by atoms with Crippen molar-refractivity contribution in [3.8, 4) is 11.5 Å². The van der Waals surface area contributed by atoms with Crippen molar-refractivity contribution in [1.29, 1.82) is 0 Å². The molecule has 0 atom stereocenters. The van der Waals surface area contributed by atoms with Gasteiger partial charge in [-0.2, -0.15) is 0 Å². The van der Waals surface area contributed by atoms with E-state index in [1.807, 2.05) is 0 Å². The highest BCUT2D eigenvalue weighted by molar-refractivity contribution is 6.34. The molecule has 24 heavy (non-hydrogen) atoms. The highest BCUT2D eigenvalue weighted by atomic mass is 35.5. The molecule has 1 heterocycles. The molecule has 2 aromatic rings. The van der Waals surface area contributed by atoms with Crippen LogP contribution in [0.4, 0.5) is 0 Å². The summed E-state index contributed by atoms with van der Waals surface area (Å²) in [6.45, 7) is 0. The Bertz CT molecular complexity index is 873. The van der Waals surface area contributed by atoms with Crippen LogP contribution in [-0.4, -0.2) is 26.0 Å². The van der Waals surface area contributed by atoms with Gasteiger partial charge < -0.3 is 9.47 Å². The Balaban J connectivity index is 2.15. The van der Waals surface area contributed by atoms with E-state index in [0.717, 1.165) is 0 Å². The van der Waals surface area contributed by atoms with Crippen LogP contribution in [0.1, 0.15) is 21.5 Å². The van der Waals surface area contributed by atoms with Gasteiger partial charge in [0.15, 0.2) is 11.5 Å². The summed E-state index contributed by atoms with van der Waals surface area (Å²) in [4.78, 5) is 24.2. The molecule has 122 valence electrons. The maximum Gasteiger partial charge on any atom is 0.258 e. The predicted octanol–water partition coefficient (Wildman–Crippen LogP) is 3.17. The maximum absolute atomic E-state index is 12.2. The van der Waals surface area contributed by atoms with Gasteiger partial charge in [0.1, 0.15) is 0 Å². The van der Waals surface area contributed by atoms with Crippen LogP contribution in [0.3, 0.4) is 0 Å². The monoisotopic (exact) mass is 343 g/mol. The molecule has 3 rings (SSSR count). The van der Waals surface area contributed by atoms with Crippen LogP contribution in [0.5, 0.6) is 11.5 Å². The zero-order valence-corrected chi connectivity index (χ0v) is 13.8. The highest BCUT2D eigenvalue weighted by Crippen LogP contribution is 2.37. The summed E-state index contributed by atoms with van der Waals surface area (Å²) in [6, 6.07) is 10.3. The van der Waals surface area contributed by atoms with Gasteiger partial charge in [-0.3, -0.25) is 14.9 Å². The lowest BCUT2D eigenvalue weighted by Gasteiger charge is -2.18. The number of carbonyl (C=O) groups is 2. The minimum atomic E-state index is -0.454. The van der Waals surface area contributed by atoms with Gasteiger partial charge in [0.2, 0.25) is 0 Å². The SMILES string of the molecule is COc1cc(/C=C2\C(=O)NC(=O)c3ccccc32)cc(Cl)c1OC. The first kappa shape index (κ1) is 16.1. The van der Waals surface area contributed by atoms with Crippen LogP contribution in [0.2, 0.25) is 5.02 Å². The average molecular weight is 344 g/mol. The topological polar surface area (TPSA) is 64.6 Å². The molecule has 0 aromatic heterocycles. The number of imide groups is 1. The van der Waals surface area contributed by atoms with Crippen molar-refractivity contribution in [2.75, 3.05) is 14.2 Å². The van der Waals surface area contributed by atoms with E-state index in [1.54, 1.807) is 42.5 Å². The van der Waals surface area contributed by atoms with E-state index >= 15 is 0 Å². The third-order valence-corrected chi connectivity index (χ3v) is 3.98. The second kappa shape index (κ2) is 6.37. The number of benzene rings is 2. The van der Waals surface area contributed by atoms with Crippen molar-refractivity contribution in [2.24, 2.45) is 0 Å². The molecule has 0 saturated heterocycles. The van der Waals surface area contributed by atoms with Crippen LogP contribution in [0, 0.1) is 0 Å². The third kappa shape index (κ3) is 2.74. The fourth-order valence-electron chi connectivity index (χ4n) is 2.61. The van der Waals surface area contributed by atoms with Gasteiger partial charge >= 0.3 is 0 Å². The number of hydrogen-bond acceptors (Lipinski definition) is 4. The van der Waals surface area contributed by atoms with Gasteiger partial charge in [-0.05, 0) is 35.4 Å². The summed E-state index contributed by atoms with van der Waals surface area (Å²) in [7, 11) is 3.00. The number of hydrogen-bond donors (Lipinski definition) is 1. The number of ether oxygens (including phenoxy) is 2. The smallest absolute Gasteiger partial charge is 0.258 e. The van der Waals surface area contributed by atoms with Gasteiger partial charge in [-0.15, -0.1) is 0 Å². The fourth-order valence-corrected chi connectivity index (χ4v) is 2.90. The van der Waals surface area contributed by atoms with Crippen molar-refractivity contribution in [2.45, 2.75) is 0 Å². The minimum Gasteiger partial charge on any atom is -0.493 e. The van der Waals surface area contributed by atoms with Gasteiger partial charge in [0.05, 0.1) is 19.2 Å². The molecule has 0 saturated carbocycles. The molecule has 0 aliphatic carbocycles. The molecule has 2 aromatic carbocycles. The van der Waals surface area contributed by atoms with Gasteiger partial charge in [-0.1, -0.05) is 29.8 Å². The van der Waals surface area contributed by atoms with E-state index < -0.39 is 11.8 Å². The molecular weight excluding hydrogens is 330 g/mol. The van der Waals surface area contributed by atoms with E-state index in [1.165, 1.54) is 14.2 Å². The van der Waals surface area contributed by atoms with Crippen molar-refractivity contribution in [1.82, 2.24) is 5.32 Å². The fraction of sp³-hybridized carbons (Fsp3) is 0.111. The molecule has 5 nitrogen and oxygen atoms in total. The second-order valence-electron chi connectivity index (χ2n) is 5.13. The number of fused-ring (bicyclic) bond motifs is 1. The van der Waals surface area contributed by atoms with Gasteiger partial charge in [0.25, 0.3) is 11.8 Å². The summed E-state index contributed by atoms with van der Waals surface area (Å²) < 4.78 is 10.5. The van der Waals surface area contributed by atoms with E-state index in [4.69, 9.17) is 21.1 Å². The largest absolute Gasteiger partial charge is 0.493 e. The summed E-state index contributed by atoms with van der Waals surface area (Å²) >= 11 is 6.20. The van der Waals surface area contributed by atoms with Gasteiger partial charge in [0, 0.05) is 11.1 Å². The van der Waals surface area contributed by atoms with Crippen molar-refractivity contribution >= 4 is 35.1 Å². The lowest BCUT2D eigenvalue weighted by molar-refractivity contribution is -0.114. The second-order valence-corrected chi connectivity index (χ2v) is 5.53. The molecule has 1 aliphatic heterocycles. The first-order valence-electron chi connectivity index (χ1n) is 7.13. The molecule has 0 spiro atoms. The first-order chi connectivity index (χ1) is 11.5. The zero-order valence-electron chi connectivity index (χ0n) is 13.1. The number of methoxy groups -OCH3 is 2. The van der Waals surface area contributed by atoms with Crippen LogP contribution < -0.4 is 14.8 Å². The summed E-state index contributed by atoms with van der Waals surface area (Å²) in [5, 5.41) is 2.70. The number of rotatable bonds is 3. The predicted molar refractivity (Wildman–Crippen MR) is 91.3 cm³/mol. The summed E-state index contributed by atoms with van der Waals surface area (Å²) in [5.41, 5.74) is 2.08. The molecule has 0 radical (unpaired) electrons. The standard InChI is InChI=1S/C18H14ClNO4/c1-23-15-9-10(8-14(19)16(15)24-2)7-13-11-5-3-4-6-12(11)17(21)20-18(13)22/h3-9H,1-2H3,(H,20,21,22)/b13-7-. The van der Waals surface area contributed by atoms with Gasteiger partial charge in [-0.25, -0.2) is 0 Å². The maximum atomic E-state index is 12.2. The Morgan fingerprint density at radius 2 is 1.71 bits per heavy atom. The molecule has 0 fully saturated rings. The number of carbonyl (C=O) groups excluding carboxylic acids is 2. The summed E-state index contributed by atoms with van der Waals surface area (Å²) in [5.74, 6) is 0.0186. The first-order valence-corrected chi connectivity index (χ1v) is 7.51. The number of halogens is 1. The number of amides is 2. The molecule has 6 heteroatoms. The lowest BCUT2D eigenvalue weighted by Crippen LogP contribution is -2.36. The Morgan fingerprint density at radius 1 is 1.00 bits per heavy atom. The highest BCUT2D eigenvalue weighted by Gasteiger charge is 2.26. The van der Waals surface area contributed by atoms with Crippen molar-refractivity contribution < 1.29 is 19.1 Å². The molecular formula is C18H14ClNO4. The Morgan fingerprint density at radius 3 is 2.38 bits per heavy atom. The van der Waals surface area contributed by atoms with E-state index in [2.05, 4.69) is 5.32 Å². The van der Waals surface area contributed by atoms with Crippen LogP contribution in [0.15, 0.2) is 36.4 Å². The van der Waals surface area contributed by atoms with E-state index in [0.29, 0.717) is 38.8 Å². The van der Waals surface area contributed by atoms with Crippen LogP contribution in [0.25, 0.3) is 11.6 Å². The lowest BCUT2D eigenvalue weighted by atomic mass is 9.93. The normalized spacial score (nSPS) is 15.0. The zero-order chi connectivity index (χ0) is 17.3. The molecule has 2 amide bonds. The number of nitrogens with one attached hydrogen (secondary N) is 1.